The maximum Gasteiger partial charge on any atom is 0.252 e. The van der Waals surface area contributed by atoms with Crippen molar-refractivity contribution in [3.8, 4) is 11.3 Å². The van der Waals surface area contributed by atoms with E-state index in [1.54, 1.807) is 36.9 Å². The largest absolute Gasteiger partial charge is 0.369 e. The zero-order valence-corrected chi connectivity index (χ0v) is 22.9. The van der Waals surface area contributed by atoms with Crippen LogP contribution in [0.2, 0.25) is 10.0 Å². The molecule has 1 amide bonds. The van der Waals surface area contributed by atoms with Gasteiger partial charge in [0.2, 0.25) is 0 Å². The number of hydrogen-bond acceptors (Lipinski definition) is 7. The van der Waals surface area contributed by atoms with Crippen LogP contribution in [-0.2, 0) is 0 Å². The summed E-state index contributed by atoms with van der Waals surface area (Å²) in [7, 11) is 0. The Balaban J connectivity index is 1.10. The molecule has 4 aromatic rings. The van der Waals surface area contributed by atoms with Gasteiger partial charge in [0.1, 0.15) is 5.82 Å². The number of rotatable bonds is 9. The van der Waals surface area contributed by atoms with Crippen molar-refractivity contribution in [3.63, 3.8) is 0 Å². The molecule has 1 saturated heterocycles. The van der Waals surface area contributed by atoms with Gasteiger partial charge in [-0.3, -0.25) is 19.7 Å². The summed E-state index contributed by atoms with van der Waals surface area (Å²) in [6.07, 6.45) is 7.39. The minimum absolute atomic E-state index is 0.156. The number of aromatic nitrogens is 3. The third-order valence-corrected chi connectivity index (χ3v) is 6.98. The summed E-state index contributed by atoms with van der Waals surface area (Å²) in [5, 5.41) is 7.60. The topological polar surface area (TPSA) is 86.3 Å². The minimum Gasteiger partial charge on any atom is -0.369 e. The molecule has 2 N–H and O–H groups in total. The van der Waals surface area contributed by atoms with Gasteiger partial charge in [-0.2, -0.15) is 0 Å². The molecule has 0 unspecified atom stereocenters. The second-order valence-electron chi connectivity index (χ2n) is 9.31. The number of nitrogens with one attached hydrogen (secondary N) is 2. The molecular formula is C29H29Cl2N7O. The number of anilines is 3. The Hall–Kier alpha value is -3.72. The van der Waals surface area contributed by atoms with Crippen molar-refractivity contribution in [2.75, 3.05) is 49.5 Å². The van der Waals surface area contributed by atoms with Crippen LogP contribution in [0.15, 0.2) is 79.4 Å². The van der Waals surface area contributed by atoms with E-state index >= 15 is 0 Å². The van der Waals surface area contributed by atoms with Gasteiger partial charge in [0.15, 0.2) is 0 Å². The summed E-state index contributed by atoms with van der Waals surface area (Å²) in [4.78, 5) is 30.8. The van der Waals surface area contributed by atoms with Crippen LogP contribution < -0.4 is 15.5 Å². The van der Waals surface area contributed by atoms with Crippen LogP contribution in [0.4, 0.5) is 17.2 Å². The van der Waals surface area contributed by atoms with Crippen LogP contribution >= 0.6 is 23.2 Å². The molecule has 1 fully saturated rings. The van der Waals surface area contributed by atoms with Gasteiger partial charge in [-0.25, -0.2) is 4.98 Å². The maximum atomic E-state index is 12.8. The molecule has 0 aliphatic carbocycles. The summed E-state index contributed by atoms with van der Waals surface area (Å²) >= 11 is 12.2. The van der Waals surface area contributed by atoms with Gasteiger partial charge in [0.05, 0.1) is 23.7 Å². The van der Waals surface area contributed by atoms with E-state index in [4.69, 9.17) is 23.2 Å². The van der Waals surface area contributed by atoms with E-state index in [2.05, 4.69) is 41.5 Å². The molecule has 10 heteroatoms. The van der Waals surface area contributed by atoms with Crippen LogP contribution in [0.3, 0.4) is 0 Å². The van der Waals surface area contributed by atoms with Crippen molar-refractivity contribution in [1.29, 1.82) is 0 Å². The first-order valence-corrected chi connectivity index (χ1v) is 13.6. The van der Waals surface area contributed by atoms with Crippen molar-refractivity contribution >= 4 is 46.3 Å². The zero-order valence-electron chi connectivity index (χ0n) is 21.4. The Bertz CT molecular complexity index is 1430. The van der Waals surface area contributed by atoms with Gasteiger partial charge < -0.3 is 15.5 Å². The molecule has 0 radical (unpaired) electrons. The highest BCUT2D eigenvalue weighted by Gasteiger charge is 2.17. The number of hydrogen-bond donors (Lipinski definition) is 2. The number of piperazine rings is 1. The number of benzene rings is 2. The SMILES string of the molecule is O=C(NCCCN1CCN(c2cccc(Cl)c2)CC1)c1cncc(-c2cncc(Nc3cccc(Cl)c3)n2)c1. The predicted octanol–water partition coefficient (Wildman–Crippen LogP) is 5.53. The summed E-state index contributed by atoms with van der Waals surface area (Å²) in [5.41, 5.74) is 3.78. The molecule has 200 valence electrons. The lowest BCUT2D eigenvalue weighted by molar-refractivity contribution is 0.0951. The van der Waals surface area contributed by atoms with Crippen molar-refractivity contribution in [3.05, 3.63) is 95.0 Å². The number of halogens is 2. The van der Waals surface area contributed by atoms with E-state index in [-0.39, 0.29) is 5.91 Å². The first-order valence-electron chi connectivity index (χ1n) is 12.8. The summed E-state index contributed by atoms with van der Waals surface area (Å²) in [6, 6.07) is 17.1. The van der Waals surface area contributed by atoms with Gasteiger partial charge in [0, 0.05) is 72.1 Å². The quantitative estimate of drug-likeness (QED) is 0.260. The highest BCUT2D eigenvalue weighted by Crippen LogP contribution is 2.23. The van der Waals surface area contributed by atoms with Crippen molar-refractivity contribution in [2.24, 2.45) is 0 Å². The molecule has 3 heterocycles. The van der Waals surface area contributed by atoms with E-state index in [1.165, 1.54) is 5.69 Å². The zero-order chi connectivity index (χ0) is 27.0. The monoisotopic (exact) mass is 561 g/mol. The van der Waals surface area contributed by atoms with Gasteiger partial charge in [-0.15, -0.1) is 0 Å². The fourth-order valence-electron chi connectivity index (χ4n) is 4.49. The molecule has 0 atom stereocenters. The molecule has 0 bridgehead atoms. The normalized spacial score (nSPS) is 13.7. The highest BCUT2D eigenvalue weighted by atomic mass is 35.5. The van der Waals surface area contributed by atoms with Crippen LogP contribution in [0.5, 0.6) is 0 Å². The second-order valence-corrected chi connectivity index (χ2v) is 10.2. The average molecular weight is 563 g/mol. The number of amides is 1. The molecule has 0 spiro atoms. The maximum absolute atomic E-state index is 12.8. The van der Waals surface area contributed by atoms with Crippen molar-refractivity contribution in [1.82, 2.24) is 25.2 Å². The lowest BCUT2D eigenvalue weighted by atomic mass is 10.1. The van der Waals surface area contributed by atoms with E-state index in [0.29, 0.717) is 34.2 Å². The second kappa shape index (κ2) is 12.9. The van der Waals surface area contributed by atoms with E-state index < -0.39 is 0 Å². The van der Waals surface area contributed by atoms with Crippen LogP contribution in [0.25, 0.3) is 11.3 Å². The van der Waals surface area contributed by atoms with Gasteiger partial charge in [-0.1, -0.05) is 35.3 Å². The van der Waals surface area contributed by atoms with Crippen molar-refractivity contribution in [2.45, 2.75) is 6.42 Å². The van der Waals surface area contributed by atoms with Gasteiger partial charge in [0.25, 0.3) is 5.91 Å². The van der Waals surface area contributed by atoms with Gasteiger partial charge >= 0.3 is 0 Å². The Morgan fingerprint density at radius 1 is 0.872 bits per heavy atom. The number of pyridine rings is 1. The molecule has 1 aliphatic rings. The summed E-state index contributed by atoms with van der Waals surface area (Å²) in [5.74, 6) is 0.411. The third-order valence-electron chi connectivity index (χ3n) is 6.51. The van der Waals surface area contributed by atoms with Crippen LogP contribution in [0, 0.1) is 0 Å². The fraction of sp³-hybridized carbons (Fsp3) is 0.241. The predicted molar refractivity (Wildman–Crippen MR) is 157 cm³/mol. The molecule has 8 nitrogen and oxygen atoms in total. The lowest BCUT2D eigenvalue weighted by Gasteiger charge is -2.36. The molecule has 2 aromatic carbocycles. The number of nitrogens with zero attached hydrogens (tertiary/aromatic N) is 5. The molecule has 39 heavy (non-hydrogen) atoms. The fourth-order valence-corrected chi connectivity index (χ4v) is 4.87. The molecule has 5 rings (SSSR count). The Labute approximate surface area is 238 Å². The summed E-state index contributed by atoms with van der Waals surface area (Å²) in [6.45, 7) is 5.42. The smallest absolute Gasteiger partial charge is 0.252 e. The van der Waals surface area contributed by atoms with Crippen LogP contribution in [0.1, 0.15) is 16.8 Å². The Morgan fingerprint density at radius 3 is 2.44 bits per heavy atom. The standard InChI is InChI=1S/C29H29Cl2N7O/c30-23-4-1-6-25(15-23)35-28-20-33-19-27(36-28)21-14-22(18-32-17-21)29(39)34-8-3-9-37-10-12-38(13-11-37)26-7-2-5-24(31)16-26/h1-2,4-7,14-20H,3,8-13H2,(H,34,39)(H,35,36). The Morgan fingerprint density at radius 2 is 1.64 bits per heavy atom. The lowest BCUT2D eigenvalue weighted by Crippen LogP contribution is -2.47. The minimum atomic E-state index is -0.156. The first-order chi connectivity index (χ1) is 19.0. The van der Waals surface area contributed by atoms with Crippen LogP contribution in [-0.4, -0.2) is 65.0 Å². The molecule has 0 saturated carbocycles. The first kappa shape index (κ1) is 26.9. The third kappa shape index (κ3) is 7.44. The summed E-state index contributed by atoms with van der Waals surface area (Å²) < 4.78 is 0. The highest BCUT2D eigenvalue weighted by molar-refractivity contribution is 6.31. The molecule has 2 aromatic heterocycles. The van der Waals surface area contributed by atoms with Crippen molar-refractivity contribution < 1.29 is 4.79 Å². The number of carbonyl (C=O) groups is 1. The van der Waals surface area contributed by atoms with E-state index in [1.807, 2.05) is 36.4 Å². The van der Waals surface area contributed by atoms with E-state index in [0.717, 1.165) is 49.9 Å². The molecule has 1 aliphatic heterocycles. The number of carbonyl (C=O) groups excluding carboxylic acids is 1. The Kier molecular flexibility index (Phi) is 8.88. The van der Waals surface area contributed by atoms with E-state index in [9.17, 15) is 4.79 Å². The average Bonchev–Trinajstić information content (AvgIpc) is 2.96. The molecular weight excluding hydrogens is 533 g/mol. The van der Waals surface area contributed by atoms with Gasteiger partial charge in [-0.05, 0) is 55.4 Å².